The van der Waals surface area contributed by atoms with E-state index in [1.54, 1.807) is 12.1 Å². The smallest absolute Gasteiger partial charge is 0.407 e. The Bertz CT molecular complexity index is 414. The molecule has 2 rings (SSSR count). The van der Waals surface area contributed by atoms with E-state index in [0.29, 0.717) is 19.0 Å². The van der Waals surface area contributed by atoms with Crippen LogP contribution in [-0.4, -0.2) is 29.2 Å². The minimum Gasteiger partial charge on any atom is -0.465 e. The number of likely N-dealkylation sites (tertiary alicyclic amines) is 1. The van der Waals surface area contributed by atoms with Crippen LogP contribution in [0.15, 0.2) is 24.3 Å². The van der Waals surface area contributed by atoms with Gasteiger partial charge in [0, 0.05) is 13.1 Å². The lowest BCUT2D eigenvalue weighted by molar-refractivity contribution is 0.123. The highest BCUT2D eigenvalue weighted by Crippen LogP contribution is 2.22. The quantitative estimate of drug-likeness (QED) is 0.896. The van der Waals surface area contributed by atoms with E-state index in [-0.39, 0.29) is 5.82 Å². The summed E-state index contributed by atoms with van der Waals surface area (Å²) in [5.41, 5.74) is 1.02. The molecule has 0 spiro atoms. The van der Waals surface area contributed by atoms with Gasteiger partial charge in [0.25, 0.3) is 0 Å². The second kappa shape index (κ2) is 5.85. The van der Waals surface area contributed by atoms with Gasteiger partial charge in [-0.25, -0.2) is 9.18 Å². The molecule has 1 aromatic carbocycles. The first kappa shape index (κ1) is 12.9. The first-order valence-electron chi connectivity index (χ1n) is 6.37. The molecule has 0 atom stereocenters. The number of carboxylic acid groups (broad SMARTS) is 1. The number of benzene rings is 1. The third-order valence-corrected chi connectivity index (χ3v) is 3.62. The van der Waals surface area contributed by atoms with Gasteiger partial charge in [0.05, 0.1) is 0 Å². The molecule has 1 aliphatic heterocycles. The van der Waals surface area contributed by atoms with E-state index >= 15 is 0 Å². The van der Waals surface area contributed by atoms with Crippen molar-refractivity contribution in [2.75, 3.05) is 13.1 Å². The van der Waals surface area contributed by atoms with E-state index in [1.165, 1.54) is 11.0 Å². The molecule has 3 nitrogen and oxygen atoms in total. The normalized spacial score (nSPS) is 16.8. The van der Waals surface area contributed by atoms with Crippen LogP contribution in [0.25, 0.3) is 0 Å². The van der Waals surface area contributed by atoms with Crippen molar-refractivity contribution >= 4 is 6.09 Å². The molecule has 0 aliphatic carbocycles. The van der Waals surface area contributed by atoms with Gasteiger partial charge in [-0.3, -0.25) is 0 Å². The van der Waals surface area contributed by atoms with Gasteiger partial charge >= 0.3 is 6.09 Å². The number of aryl methyl sites for hydroxylation is 1. The lowest BCUT2D eigenvalue weighted by Gasteiger charge is -2.29. The molecule has 98 valence electrons. The van der Waals surface area contributed by atoms with Gasteiger partial charge in [0.15, 0.2) is 0 Å². The van der Waals surface area contributed by atoms with E-state index in [0.717, 1.165) is 31.2 Å². The minimum absolute atomic E-state index is 0.187. The second-order valence-electron chi connectivity index (χ2n) is 4.88. The monoisotopic (exact) mass is 251 g/mol. The Balaban J connectivity index is 1.77. The van der Waals surface area contributed by atoms with Crippen LogP contribution < -0.4 is 0 Å². The average molecular weight is 251 g/mol. The van der Waals surface area contributed by atoms with E-state index in [9.17, 15) is 9.18 Å². The number of hydrogen-bond acceptors (Lipinski definition) is 1. The maximum Gasteiger partial charge on any atom is 0.407 e. The Morgan fingerprint density at radius 2 is 2.11 bits per heavy atom. The predicted molar refractivity (Wildman–Crippen MR) is 67.0 cm³/mol. The molecule has 0 aromatic heterocycles. The van der Waals surface area contributed by atoms with Crippen molar-refractivity contribution in [3.63, 3.8) is 0 Å². The highest BCUT2D eigenvalue weighted by molar-refractivity contribution is 5.64. The molecule has 0 unspecified atom stereocenters. The van der Waals surface area contributed by atoms with Crippen LogP contribution in [0.1, 0.15) is 24.8 Å². The fourth-order valence-corrected chi connectivity index (χ4v) is 2.48. The molecule has 1 heterocycles. The van der Waals surface area contributed by atoms with Crippen LogP contribution >= 0.6 is 0 Å². The number of hydrogen-bond donors (Lipinski definition) is 1. The predicted octanol–water partition coefficient (Wildman–Crippen LogP) is 3.15. The molecular weight excluding hydrogens is 233 g/mol. The summed E-state index contributed by atoms with van der Waals surface area (Å²) in [4.78, 5) is 12.2. The van der Waals surface area contributed by atoms with Gasteiger partial charge in [-0.05, 0) is 49.3 Å². The Morgan fingerprint density at radius 1 is 1.39 bits per heavy atom. The first-order chi connectivity index (χ1) is 8.65. The lowest BCUT2D eigenvalue weighted by atomic mass is 9.91. The van der Waals surface area contributed by atoms with Crippen LogP contribution in [-0.2, 0) is 6.42 Å². The Kier molecular flexibility index (Phi) is 4.18. The summed E-state index contributed by atoms with van der Waals surface area (Å²) >= 11 is 0. The molecule has 0 saturated carbocycles. The van der Waals surface area contributed by atoms with Gasteiger partial charge in [-0.2, -0.15) is 0 Å². The van der Waals surface area contributed by atoms with Gasteiger partial charge in [0.2, 0.25) is 0 Å². The number of carbonyl (C=O) groups is 1. The molecule has 4 heteroatoms. The van der Waals surface area contributed by atoms with Crippen molar-refractivity contribution in [3.8, 4) is 0 Å². The molecule has 1 saturated heterocycles. The van der Waals surface area contributed by atoms with Gasteiger partial charge < -0.3 is 10.0 Å². The molecule has 1 N–H and O–H groups in total. The van der Waals surface area contributed by atoms with Gasteiger partial charge in [-0.15, -0.1) is 0 Å². The van der Waals surface area contributed by atoms with Crippen LogP contribution in [0.2, 0.25) is 0 Å². The average Bonchev–Trinajstić information content (AvgIpc) is 2.37. The first-order valence-corrected chi connectivity index (χ1v) is 6.37. The van der Waals surface area contributed by atoms with Crippen molar-refractivity contribution in [1.29, 1.82) is 0 Å². The zero-order chi connectivity index (χ0) is 13.0. The highest BCUT2D eigenvalue weighted by Gasteiger charge is 2.21. The number of nitrogens with zero attached hydrogens (tertiary/aromatic N) is 1. The summed E-state index contributed by atoms with van der Waals surface area (Å²) in [7, 11) is 0. The van der Waals surface area contributed by atoms with E-state index in [2.05, 4.69) is 0 Å². The summed E-state index contributed by atoms with van der Waals surface area (Å²) < 4.78 is 13.0. The van der Waals surface area contributed by atoms with Crippen LogP contribution in [0.3, 0.4) is 0 Å². The van der Waals surface area contributed by atoms with Gasteiger partial charge in [-0.1, -0.05) is 12.1 Å². The molecule has 18 heavy (non-hydrogen) atoms. The summed E-state index contributed by atoms with van der Waals surface area (Å²) in [6.07, 6.45) is 2.90. The number of amides is 1. The van der Waals surface area contributed by atoms with Crippen molar-refractivity contribution in [2.45, 2.75) is 25.7 Å². The largest absolute Gasteiger partial charge is 0.465 e. The number of piperidine rings is 1. The standard InChI is InChI=1S/C14H18FNO2/c15-13-3-1-2-12(10-13)5-4-11-6-8-16(9-7-11)14(17)18/h1-3,10-11H,4-9H2,(H,17,18). The lowest BCUT2D eigenvalue weighted by Crippen LogP contribution is -2.37. The summed E-state index contributed by atoms with van der Waals surface area (Å²) in [6, 6.07) is 6.70. The van der Waals surface area contributed by atoms with Crippen molar-refractivity contribution in [2.24, 2.45) is 5.92 Å². The topological polar surface area (TPSA) is 40.5 Å². The van der Waals surface area contributed by atoms with E-state index in [4.69, 9.17) is 5.11 Å². The minimum atomic E-state index is -0.821. The Morgan fingerprint density at radius 3 is 2.72 bits per heavy atom. The molecule has 1 fully saturated rings. The molecule has 1 amide bonds. The van der Waals surface area contributed by atoms with Crippen molar-refractivity contribution in [1.82, 2.24) is 4.90 Å². The summed E-state index contributed by atoms with van der Waals surface area (Å²) in [5, 5.41) is 8.85. The zero-order valence-electron chi connectivity index (χ0n) is 10.3. The third-order valence-electron chi connectivity index (χ3n) is 3.62. The SMILES string of the molecule is O=C(O)N1CCC(CCc2cccc(F)c2)CC1. The fourth-order valence-electron chi connectivity index (χ4n) is 2.48. The van der Waals surface area contributed by atoms with Crippen molar-refractivity contribution < 1.29 is 14.3 Å². The summed E-state index contributed by atoms with van der Waals surface area (Å²) in [5.74, 6) is 0.372. The third kappa shape index (κ3) is 3.45. The van der Waals surface area contributed by atoms with Crippen LogP contribution in [0.5, 0.6) is 0 Å². The maximum atomic E-state index is 13.0. The number of halogens is 1. The maximum absolute atomic E-state index is 13.0. The van der Waals surface area contributed by atoms with Crippen LogP contribution in [0, 0.1) is 11.7 Å². The summed E-state index contributed by atoms with van der Waals surface area (Å²) in [6.45, 7) is 1.26. The Hall–Kier alpha value is -1.58. The van der Waals surface area contributed by atoms with E-state index in [1.807, 2.05) is 6.07 Å². The zero-order valence-corrected chi connectivity index (χ0v) is 10.3. The van der Waals surface area contributed by atoms with Crippen LogP contribution in [0.4, 0.5) is 9.18 Å². The highest BCUT2D eigenvalue weighted by atomic mass is 19.1. The Labute approximate surface area is 106 Å². The molecule has 0 radical (unpaired) electrons. The van der Waals surface area contributed by atoms with Crippen molar-refractivity contribution in [3.05, 3.63) is 35.6 Å². The number of rotatable bonds is 3. The molecular formula is C14H18FNO2. The molecule has 1 aromatic rings. The second-order valence-corrected chi connectivity index (χ2v) is 4.88. The molecule has 1 aliphatic rings. The van der Waals surface area contributed by atoms with E-state index < -0.39 is 6.09 Å². The van der Waals surface area contributed by atoms with Gasteiger partial charge in [0.1, 0.15) is 5.82 Å². The molecule has 0 bridgehead atoms. The fraction of sp³-hybridized carbons (Fsp3) is 0.500.